The molecule has 1 amide bonds. The standard InChI is InChI=1S/C24H23N3O5/c1-15(14-32-2)26-13-18(27-20(23(26)30)21(28)22(29)25-24(27)31)19(16-9-5-3-6-10-16)17-11-7-4-8-12-17/h3-7,9-11,15,18-19,28H,13-14H2,1-2H3,(H,25,29,31). The van der Waals surface area contributed by atoms with E-state index in [2.05, 4.69) is 17.1 Å². The third kappa shape index (κ3) is 3.67. The smallest absolute Gasteiger partial charge is 0.329 e. The number of carbonyl (C=O) groups is 1. The summed E-state index contributed by atoms with van der Waals surface area (Å²) in [5, 5.41) is 10.5. The van der Waals surface area contributed by atoms with E-state index in [1.807, 2.05) is 49.4 Å². The second-order valence-corrected chi connectivity index (χ2v) is 7.79. The van der Waals surface area contributed by atoms with Crippen molar-refractivity contribution >= 4 is 5.91 Å². The first-order chi connectivity index (χ1) is 15.4. The normalized spacial score (nSPS) is 16.5. The molecule has 164 valence electrons. The van der Waals surface area contributed by atoms with E-state index in [-0.39, 0.29) is 24.9 Å². The fraction of sp³-hybridized carbons (Fsp3) is 0.292. The summed E-state index contributed by atoms with van der Waals surface area (Å²) in [7, 11) is 1.53. The zero-order valence-corrected chi connectivity index (χ0v) is 17.7. The Balaban J connectivity index is 1.98. The van der Waals surface area contributed by atoms with Crippen molar-refractivity contribution in [2.45, 2.75) is 24.9 Å². The van der Waals surface area contributed by atoms with Gasteiger partial charge in [-0.05, 0) is 24.6 Å². The summed E-state index contributed by atoms with van der Waals surface area (Å²) in [5.41, 5.74) is -0.406. The number of nitrogens with one attached hydrogen (secondary N) is 1. The summed E-state index contributed by atoms with van der Waals surface area (Å²) in [6.07, 6.45) is 0. The monoisotopic (exact) mass is 433 g/mol. The first kappa shape index (κ1) is 21.4. The van der Waals surface area contributed by atoms with Gasteiger partial charge < -0.3 is 14.7 Å². The van der Waals surface area contributed by atoms with Gasteiger partial charge in [0.1, 0.15) is 0 Å². The molecule has 3 atom stereocenters. The Labute approximate surface area is 184 Å². The molecule has 0 aliphatic carbocycles. The van der Waals surface area contributed by atoms with E-state index in [0.29, 0.717) is 0 Å². The van der Waals surface area contributed by atoms with Crippen LogP contribution < -0.4 is 11.2 Å². The Bertz CT molecular complexity index is 1180. The molecule has 0 saturated heterocycles. The highest BCUT2D eigenvalue weighted by Crippen LogP contribution is 2.38. The number of aromatic hydroxyl groups is 1. The van der Waals surface area contributed by atoms with Crippen molar-refractivity contribution in [1.82, 2.24) is 14.5 Å². The van der Waals surface area contributed by atoms with Crippen LogP contribution in [0.3, 0.4) is 0 Å². The van der Waals surface area contributed by atoms with E-state index in [1.54, 1.807) is 6.07 Å². The quantitative estimate of drug-likeness (QED) is 0.616. The van der Waals surface area contributed by atoms with Crippen molar-refractivity contribution in [2.75, 3.05) is 20.3 Å². The maximum absolute atomic E-state index is 13.3. The predicted octanol–water partition coefficient (Wildman–Crippen LogP) is 1.71. The average molecular weight is 433 g/mol. The molecule has 0 bridgehead atoms. The van der Waals surface area contributed by atoms with Crippen LogP contribution in [0.25, 0.3) is 0 Å². The Morgan fingerprint density at radius 3 is 2.59 bits per heavy atom. The van der Waals surface area contributed by atoms with E-state index < -0.39 is 34.9 Å². The van der Waals surface area contributed by atoms with Crippen LogP contribution in [0.4, 0.5) is 0 Å². The number of H-pyrrole nitrogens is 1. The number of nitrogens with zero attached hydrogens (tertiary/aromatic N) is 2. The van der Waals surface area contributed by atoms with Crippen molar-refractivity contribution in [3.05, 3.63) is 98.3 Å². The first-order valence-corrected chi connectivity index (χ1v) is 10.2. The number of benzene rings is 1. The molecule has 8 heteroatoms. The largest absolute Gasteiger partial charge is 0.501 e. The molecule has 0 saturated carbocycles. The maximum atomic E-state index is 13.3. The van der Waals surface area contributed by atoms with Crippen LogP contribution >= 0.6 is 0 Å². The van der Waals surface area contributed by atoms with E-state index in [4.69, 9.17) is 4.74 Å². The summed E-state index contributed by atoms with van der Waals surface area (Å²) in [6.45, 7) is 2.24. The fourth-order valence-corrected chi connectivity index (χ4v) is 4.35. The van der Waals surface area contributed by atoms with E-state index in [9.17, 15) is 19.5 Å². The van der Waals surface area contributed by atoms with Crippen LogP contribution in [-0.4, -0.2) is 51.8 Å². The molecule has 8 nitrogen and oxygen atoms in total. The first-order valence-electron chi connectivity index (χ1n) is 10.2. The van der Waals surface area contributed by atoms with E-state index in [1.165, 1.54) is 16.6 Å². The molecule has 0 radical (unpaired) electrons. The third-order valence-electron chi connectivity index (χ3n) is 5.79. The summed E-state index contributed by atoms with van der Waals surface area (Å²) in [5.74, 6) is -1.77. The zero-order valence-electron chi connectivity index (χ0n) is 17.7. The number of hydrogen-bond acceptors (Lipinski definition) is 5. The fourth-order valence-electron chi connectivity index (χ4n) is 4.35. The summed E-state index contributed by atoms with van der Waals surface area (Å²) in [4.78, 5) is 42.0. The number of aromatic nitrogens is 2. The minimum absolute atomic E-state index is 0.171. The molecule has 2 N–H and O–H groups in total. The Hall–Kier alpha value is -3.83. The molecule has 4 rings (SSSR count). The molecule has 3 aromatic rings. The van der Waals surface area contributed by atoms with Gasteiger partial charge in [0.05, 0.1) is 18.7 Å². The second kappa shape index (κ2) is 8.73. The van der Waals surface area contributed by atoms with Crippen LogP contribution in [-0.2, 0) is 4.74 Å². The number of hydrogen-bond donors (Lipinski definition) is 2. The number of fused-ring (bicyclic) bond motifs is 1. The Kier molecular flexibility index (Phi) is 5.84. The lowest BCUT2D eigenvalue weighted by Gasteiger charge is -2.41. The SMILES string of the molecule is COCC(C)N1CC(C(c2c#cccc2)c2ccccc2)n2c(c(O)c(=O)[nH]c2=O)C1=O. The topological polar surface area (TPSA) is 105 Å². The van der Waals surface area contributed by atoms with Crippen LogP contribution in [0.15, 0.2) is 58.1 Å². The molecule has 0 spiro atoms. The van der Waals surface area contributed by atoms with Gasteiger partial charge in [0.2, 0.25) is 5.75 Å². The minimum Gasteiger partial charge on any atom is -0.501 e. The second-order valence-electron chi connectivity index (χ2n) is 7.79. The van der Waals surface area contributed by atoms with Crippen molar-refractivity contribution < 1.29 is 14.6 Å². The van der Waals surface area contributed by atoms with Gasteiger partial charge in [0.25, 0.3) is 11.5 Å². The lowest BCUT2D eigenvalue weighted by molar-refractivity contribution is 0.0426. The van der Waals surface area contributed by atoms with Crippen molar-refractivity contribution in [3.8, 4) is 5.75 Å². The number of carbonyl (C=O) groups excluding carboxylic acids is 1. The minimum atomic E-state index is -0.995. The van der Waals surface area contributed by atoms with Crippen LogP contribution in [0, 0.1) is 12.1 Å². The summed E-state index contributed by atoms with van der Waals surface area (Å²) >= 11 is 0. The van der Waals surface area contributed by atoms with Gasteiger partial charge in [-0.25, -0.2) is 4.79 Å². The Morgan fingerprint density at radius 1 is 1.19 bits per heavy atom. The van der Waals surface area contributed by atoms with Gasteiger partial charge in [0, 0.05) is 25.1 Å². The van der Waals surface area contributed by atoms with Crippen LogP contribution in [0.2, 0.25) is 0 Å². The highest BCUT2D eigenvalue weighted by atomic mass is 16.5. The van der Waals surface area contributed by atoms with Crippen molar-refractivity contribution in [1.29, 1.82) is 0 Å². The van der Waals surface area contributed by atoms with Crippen molar-refractivity contribution in [2.24, 2.45) is 0 Å². The maximum Gasteiger partial charge on any atom is 0.329 e. The average Bonchev–Trinajstić information content (AvgIpc) is 2.80. The lowest BCUT2D eigenvalue weighted by Crippen LogP contribution is -2.54. The molecule has 2 aromatic carbocycles. The summed E-state index contributed by atoms with van der Waals surface area (Å²) < 4.78 is 6.43. The molecule has 2 heterocycles. The lowest BCUT2D eigenvalue weighted by atomic mass is 9.84. The van der Waals surface area contributed by atoms with Gasteiger partial charge in [-0.15, -0.1) is 0 Å². The molecule has 32 heavy (non-hydrogen) atoms. The van der Waals surface area contributed by atoms with Gasteiger partial charge in [-0.2, -0.15) is 0 Å². The van der Waals surface area contributed by atoms with Crippen molar-refractivity contribution in [3.63, 3.8) is 0 Å². The van der Waals surface area contributed by atoms with Crippen LogP contribution in [0.5, 0.6) is 5.75 Å². The number of methoxy groups -OCH3 is 1. The number of amides is 1. The van der Waals surface area contributed by atoms with Crippen LogP contribution in [0.1, 0.15) is 40.5 Å². The van der Waals surface area contributed by atoms with Gasteiger partial charge in [-0.1, -0.05) is 48.5 Å². The van der Waals surface area contributed by atoms with E-state index in [0.717, 1.165) is 11.1 Å². The molecule has 1 aliphatic heterocycles. The van der Waals surface area contributed by atoms with E-state index >= 15 is 0 Å². The van der Waals surface area contributed by atoms with Gasteiger partial charge in [-0.3, -0.25) is 19.1 Å². The van der Waals surface area contributed by atoms with Gasteiger partial charge in [0.15, 0.2) is 5.69 Å². The molecular weight excluding hydrogens is 410 g/mol. The molecule has 3 unspecified atom stereocenters. The summed E-state index contributed by atoms with van der Waals surface area (Å²) in [6, 6.07) is 20.1. The predicted molar refractivity (Wildman–Crippen MR) is 117 cm³/mol. The molecule has 0 fully saturated rings. The molecule has 1 aliphatic rings. The highest BCUT2D eigenvalue weighted by molar-refractivity contribution is 5.96. The molecular formula is C24H23N3O5. The Morgan fingerprint density at radius 2 is 1.94 bits per heavy atom. The molecule has 1 aromatic heterocycles. The number of aromatic amines is 1. The zero-order chi connectivity index (χ0) is 22.8. The number of ether oxygens (including phenoxy) is 1. The number of rotatable bonds is 6. The third-order valence-corrected chi connectivity index (χ3v) is 5.79. The highest BCUT2D eigenvalue weighted by Gasteiger charge is 2.41. The van der Waals surface area contributed by atoms with Gasteiger partial charge >= 0.3 is 5.69 Å².